The fourth-order valence-corrected chi connectivity index (χ4v) is 1.95. The van der Waals surface area contributed by atoms with E-state index in [-0.39, 0.29) is 18.7 Å². The number of halogens is 3. The first-order chi connectivity index (χ1) is 12.2. The van der Waals surface area contributed by atoms with Crippen molar-refractivity contribution in [2.75, 3.05) is 11.9 Å². The minimum absolute atomic E-state index is 0.0203. The number of carbonyl (C=O) groups is 2. The van der Waals surface area contributed by atoms with Gasteiger partial charge in [-0.2, -0.15) is 0 Å². The summed E-state index contributed by atoms with van der Waals surface area (Å²) < 4.78 is 44.9. The molecule has 2 rings (SSSR count). The third-order valence-electron chi connectivity index (χ3n) is 3.13. The lowest BCUT2D eigenvalue weighted by molar-refractivity contribution is -0.274. The smallest absolute Gasteiger partial charge is 0.467 e. The molecule has 0 spiro atoms. The Kier molecular flexibility index (Phi) is 6.23. The summed E-state index contributed by atoms with van der Waals surface area (Å²) in [7, 11) is 0. The Balaban J connectivity index is 1.77. The fourth-order valence-electron chi connectivity index (χ4n) is 1.95. The molecule has 1 unspecified atom stereocenters. The highest BCUT2D eigenvalue weighted by Gasteiger charge is 2.31. The first-order valence-corrected chi connectivity index (χ1v) is 7.41. The topological polar surface area (TPSA) is 101 Å². The number of aliphatic hydroxyl groups is 1. The van der Waals surface area contributed by atoms with Crippen molar-refractivity contribution in [3.8, 4) is 5.75 Å². The van der Waals surface area contributed by atoms with Crippen LogP contribution in [-0.4, -0.2) is 29.8 Å². The zero-order chi connectivity index (χ0) is 19.2. The van der Waals surface area contributed by atoms with Crippen molar-refractivity contribution in [2.45, 2.75) is 18.9 Å². The van der Waals surface area contributed by atoms with Crippen molar-refractivity contribution >= 4 is 17.5 Å². The van der Waals surface area contributed by atoms with Crippen molar-refractivity contribution in [1.82, 2.24) is 5.32 Å². The number of rotatable bonds is 6. The lowest BCUT2D eigenvalue weighted by atomic mass is 10.2. The highest BCUT2D eigenvalue weighted by atomic mass is 19.4. The van der Waals surface area contributed by atoms with Gasteiger partial charge >= 0.3 is 18.2 Å². The summed E-state index contributed by atoms with van der Waals surface area (Å²) in [5, 5.41) is 14.3. The number of aliphatic hydroxyl groups excluding tert-OH is 1. The van der Waals surface area contributed by atoms with E-state index in [0.717, 1.165) is 24.3 Å². The predicted molar refractivity (Wildman–Crippen MR) is 83.0 cm³/mol. The van der Waals surface area contributed by atoms with Crippen LogP contribution in [0.5, 0.6) is 5.75 Å². The Hall–Kier alpha value is -3.01. The monoisotopic (exact) mass is 372 g/mol. The van der Waals surface area contributed by atoms with Crippen LogP contribution in [0.1, 0.15) is 18.3 Å². The first kappa shape index (κ1) is 19.3. The maximum atomic E-state index is 12.1. The zero-order valence-electron chi connectivity index (χ0n) is 13.2. The quantitative estimate of drug-likeness (QED) is 0.676. The number of carbonyl (C=O) groups excluding carboxylic acids is 2. The minimum atomic E-state index is -4.81. The number of ether oxygens (including phenoxy) is 1. The summed E-state index contributed by atoms with van der Waals surface area (Å²) in [6.07, 6.45) is -4.20. The Morgan fingerprint density at radius 1 is 1.15 bits per heavy atom. The number of benzene rings is 1. The third-order valence-corrected chi connectivity index (χ3v) is 3.13. The summed E-state index contributed by atoms with van der Waals surface area (Å²) in [6, 6.07) is 7.50. The van der Waals surface area contributed by atoms with Crippen molar-refractivity contribution in [3.05, 3.63) is 48.4 Å². The molecule has 0 saturated heterocycles. The van der Waals surface area contributed by atoms with Crippen molar-refractivity contribution < 1.29 is 37.0 Å². The van der Waals surface area contributed by atoms with Crippen LogP contribution in [-0.2, 0) is 9.59 Å². The number of nitrogens with one attached hydrogen (secondary N) is 2. The van der Waals surface area contributed by atoms with Gasteiger partial charge in [0.1, 0.15) is 17.6 Å². The summed E-state index contributed by atoms with van der Waals surface area (Å²) in [5.74, 6) is -2.06. The van der Waals surface area contributed by atoms with Crippen LogP contribution in [0.25, 0.3) is 0 Å². The molecule has 1 aromatic carbocycles. The number of alkyl halides is 3. The van der Waals surface area contributed by atoms with E-state index in [2.05, 4.69) is 15.4 Å². The van der Waals surface area contributed by atoms with Crippen molar-refractivity contribution in [2.24, 2.45) is 0 Å². The molecule has 0 fully saturated rings. The van der Waals surface area contributed by atoms with E-state index in [0.29, 0.717) is 5.76 Å². The molecule has 2 aromatic rings. The third kappa shape index (κ3) is 6.13. The number of hydrogen-bond donors (Lipinski definition) is 3. The van der Waals surface area contributed by atoms with Crippen LogP contribution < -0.4 is 15.4 Å². The molecule has 10 heteroatoms. The molecular formula is C16H15F3N2O5. The second-order valence-corrected chi connectivity index (χ2v) is 5.10. The molecule has 0 saturated carbocycles. The number of hydrogen-bond acceptors (Lipinski definition) is 5. The van der Waals surface area contributed by atoms with Gasteiger partial charge in [-0.15, -0.1) is 13.2 Å². The second-order valence-electron chi connectivity index (χ2n) is 5.10. The van der Waals surface area contributed by atoms with Gasteiger partial charge in [0.25, 0.3) is 0 Å². The molecule has 0 aliphatic rings. The molecule has 0 aliphatic heterocycles. The van der Waals surface area contributed by atoms with Gasteiger partial charge in [0.15, 0.2) is 0 Å². The molecule has 1 heterocycles. The molecule has 140 valence electrons. The summed E-state index contributed by atoms with van der Waals surface area (Å²) in [6.45, 7) is 0.0203. The van der Waals surface area contributed by atoms with Crippen LogP contribution in [0.15, 0.2) is 47.1 Å². The number of amides is 2. The molecular weight excluding hydrogens is 357 g/mol. The van der Waals surface area contributed by atoms with E-state index >= 15 is 0 Å². The number of anilines is 1. The average Bonchev–Trinajstić information content (AvgIpc) is 3.09. The van der Waals surface area contributed by atoms with E-state index in [4.69, 9.17) is 4.42 Å². The molecule has 1 aromatic heterocycles. The number of furan rings is 1. The predicted octanol–water partition coefficient (Wildman–Crippen LogP) is 2.36. The van der Waals surface area contributed by atoms with E-state index in [9.17, 15) is 27.9 Å². The van der Waals surface area contributed by atoms with Gasteiger partial charge in [0, 0.05) is 12.2 Å². The molecule has 1 atom stereocenters. The summed E-state index contributed by atoms with van der Waals surface area (Å²) in [5.41, 5.74) is 0.121. The van der Waals surface area contributed by atoms with Gasteiger partial charge < -0.3 is 24.9 Å². The fraction of sp³-hybridized carbons (Fsp3) is 0.250. The Morgan fingerprint density at radius 3 is 2.42 bits per heavy atom. The summed E-state index contributed by atoms with van der Waals surface area (Å²) >= 11 is 0. The van der Waals surface area contributed by atoms with E-state index in [1.165, 1.54) is 6.26 Å². The maximum Gasteiger partial charge on any atom is 0.573 e. The lowest BCUT2D eigenvalue weighted by Gasteiger charge is -2.10. The Bertz CT molecular complexity index is 729. The van der Waals surface area contributed by atoms with Gasteiger partial charge in [0.05, 0.1) is 6.26 Å². The van der Waals surface area contributed by atoms with Crippen LogP contribution in [0.2, 0.25) is 0 Å². The standard InChI is InChI=1S/C16H15F3N2O5/c17-16(18,19)26-11-5-3-10(4-6-11)21-15(24)14(23)20-8-7-12(22)13-2-1-9-25-13/h1-6,9,12,22H,7-8H2,(H,20,23)(H,21,24). The maximum absolute atomic E-state index is 12.1. The van der Waals surface area contributed by atoms with Crippen molar-refractivity contribution in [1.29, 1.82) is 0 Å². The van der Waals surface area contributed by atoms with Gasteiger partial charge in [-0.3, -0.25) is 9.59 Å². The highest BCUT2D eigenvalue weighted by Crippen LogP contribution is 2.23. The average molecular weight is 372 g/mol. The zero-order valence-corrected chi connectivity index (χ0v) is 13.2. The van der Waals surface area contributed by atoms with Gasteiger partial charge in [-0.05, 0) is 42.8 Å². The van der Waals surface area contributed by atoms with E-state index < -0.39 is 30.0 Å². The molecule has 0 aliphatic carbocycles. The van der Waals surface area contributed by atoms with Crippen molar-refractivity contribution in [3.63, 3.8) is 0 Å². The van der Waals surface area contributed by atoms with Crippen LogP contribution in [0.3, 0.4) is 0 Å². The van der Waals surface area contributed by atoms with Gasteiger partial charge in [0.2, 0.25) is 0 Å². The normalized spacial score (nSPS) is 12.3. The highest BCUT2D eigenvalue weighted by molar-refractivity contribution is 6.39. The van der Waals surface area contributed by atoms with E-state index in [1.807, 2.05) is 0 Å². The Labute approximate surface area is 145 Å². The van der Waals surface area contributed by atoms with Gasteiger partial charge in [-0.25, -0.2) is 0 Å². The van der Waals surface area contributed by atoms with Crippen LogP contribution >= 0.6 is 0 Å². The summed E-state index contributed by atoms with van der Waals surface area (Å²) in [4.78, 5) is 23.4. The molecule has 2 amide bonds. The second kappa shape index (κ2) is 8.39. The molecule has 26 heavy (non-hydrogen) atoms. The first-order valence-electron chi connectivity index (χ1n) is 7.41. The Morgan fingerprint density at radius 2 is 1.85 bits per heavy atom. The SMILES string of the molecule is O=C(NCCC(O)c1ccco1)C(=O)Nc1ccc(OC(F)(F)F)cc1. The molecule has 7 nitrogen and oxygen atoms in total. The minimum Gasteiger partial charge on any atom is -0.467 e. The van der Waals surface area contributed by atoms with Gasteiger partial charge in [-0.1, -0.05) is 0 Å². The van der Waals surface area contributed by atoms with Crippen LogP contribution in [0.4, 0.5) is 18.9 Å². The molecule has 3 N–H and O–H groups in total. The van der Waals surface area contributed by atoms with Crippen LogP contribution in [0, 0.1) is 0 Å². The van der Waals surface area contributed by atoms with E-state index in [1.54, 1.807) is 12.1 Å². The molecule has 0 radical (unpaired) electrons. The lowest BCUT2D eigenvalue weighted by Crippen LogP contribution is -2.36. The molecule has 0 bridgehead atoms. The largest absolute Gasteiger partial charge is 0.573 e.